The SMILES string of the molecule is CN(C)C(N)=NCCCCC(=O)O.NCc1ccc2c(c1)CO/C2=C1/C(=O)Nc2ccccc21. The van der Waals surface area contributed by atoms with E-state index in [1.54, 1.807) is 4.90 Å². The van der Waals surface area contributed by atoms with Crippen molar-refractivity contribution in [2.24, 2.45) is 16.5 Å². The number of anilines is 1. The zero-order valence-electron chi connectivity index (χ0n) is 19.5. The van der Waals surface area contributed by atoms with Gasteiger partial charge in [-0.05, 0) is 24.5 Å². The van der Waals surface area contributed by atoms with Gasteiger partial charge < -0.3 is 31.5 Å². The summed E-state index contributed by atoms with van der Waals surface area (Å²) in [6.07, 6.45) is 1.62. The Morgan fingerprint density at radius 2 is 1.94 bits per heavy atom. The van der Waals surface area contributed by atoms with E-state index in [4.69, 9.17) is 21.3 Å². The molecule has 1 amide bonds. The number of carboxylic acids is 1. The Labute approximate surface area is 199 Å². The fraction of sp³-hybridized carbons (Fsp3) is 0.320. The number of guanidine groups is 1. The number of carbonyl (C=O) groups is 2. The van der Waals surface area contributed by atoms with Crippen LogP contribution in [0.3, 0.4) is 0 Å². The molecule has 0 aliphatic carbocycles. The fourth-order valence-corrected chi connectivity index (χ4v) is 3.62. The predicted molar refractivity (Wildman–Crippen MR) is 133 cm³/mol. The van der Waals surface area contributed by atoms with Crippen molar-refractivity contribution < 1.29 is 19.4 Å². The van der Waals surface area contributed by atoms with Gasteiger partial charge in [0.2, 0.25) is 0 Å². The van der Waals surface area contributed by atoms with Crippen molar-refractivity contribution in [1.82, 2.24) is 4.90 Å². The third-order valence-electron chi connectivity index (χ3n) is 5.45. The first-order valence-corrected chi connectivity index (χ1v) is 11.1. The summed E-state index contributed by atoms with van der Waals surface area (Å²) in [5.41, 5.74) is 16.7. The van der Waals surface area contributed by atoms with E-state index in [9.17, 15) is 9.59 Å². The van der Waals surface area contributed by atoms with E-state index in [0.29, 0.717) is 43.4 Å². The van der Waals surface area contributed by atoms with Crippen LogP contribution in [0.15, 0.2) is 47.5 Å². The van der Waals surface area contributed by atoms with E-state index < -0.39 is 5.97 Å². The Morgan fingerprint density at radius 1 is 1.18 bits per heavy atom. The lowest BCUT2D eigenvalue weighted by atomic mass is 9.99. The first kappa shape index (κ1) is 24.8. The highest BCUT2D eigenvalue weighted by Gasteiger charge is 2.32. The number of benzene rings is 2. The van der Waals surface area contributed by atoms with Crippen LogP contribution in [-0.2, 0) is 27.5 Å². The number of aliphatic imine (C=N–C) groups is 1. The Morgan fingerprint density at radius 3 is 2.65 bits per heavy atom. The first-order chi connectivity index (χ1) is 16.3. The number of para-hydroxylation sites is 1. The van der Waals surface area contributed by atoms with E-state index in [0.717, 1.165) is 34.4 Å². The van der Waals surface area contributed by atoms with Crippen LogP contribution in [-0.4, -0.2) is 48.5 Å². The molecule has 9 heteroatoms. The Kier molecular flexibility index (Phi) is 8.26. The molecule has 0 saturated heterocycles. The van der Waals surface area contributed by atoms with Crippen molar-refractivity contribution in [1.29, 1.82) is 0 Å². The number of hydrogen-bond acceptors (Lipinski definition) is 5. The lowest BCUT2D eigenvalue weighted by Crippen LogP contribution is -2.30. The highest BCUT2D eigenvalue weighted by molar-refractivity contribution is 6.36. The first-order valence-electron chi connectivity index (χ1n) is 11.1. The molecule has 2 heterocycles. The van der Waals surface area contributed by atoms with Crippen LogP contribution in [0, 0.1) is 0 Å². The topological polar surface area (TPSA) is 143 Å². The predicted octanol–water partition coefficient (Wildman–Crippen LogP) is 2.61. The van der Waals surface area contributed by atoms with Crippen LogP contribution in [0.25, 0.3) is 11.3 Å². The molecule has 0 aromatic heterocycles. The molecule has 2 aromatic carbocycles. The molecule has 0 bridgehead atoms. The highest BCUT2D eigenvalue weighted by Crippen LogP contribution is 2.41. The molecule has 9 nitrogen and oxygen atoms in total. The number of nitrogens with one attached hydrogen (secondary N) is 1. The normalized spacial score (nSPS) is 16.1. The summed E-state index contributed by atoms with van der Waals surface area (Å²) >= 11 is 0. The van der Waals surface area contributed by atoms with Crippen LogP contribution < -0.4 is 16.8 Å². The van der Waals surface area contributed by atoms with Gasteiger partial charge >= 0.3 is 5.97 Å². The van der Waals surface area contributed by atoms with Crippen LogP contribution in [0.4, 0.5) is 5.69 Å². The maximum absolute atomic E-state index is 12.3. The number of aliphatic carboxylic acids is 1. The monoisotopic (exact) mass is 465 g/mol. The lowest BCUT2D eigenvalue weighted by molar-refractivity contribution is -0.137. The molecule has 6 N–H and O–H groups in total. The molecule has 2 aliphatic rings. The minimum Gasteiger partial charge on any atom is -0.487 e. The van der Waals surface area contributed by atoms with Crippen molar-refractivity contribution in [2.75, 3.05) is 26.0 Å². The zero-order chi connectivity index (χ0) is 24.7. The molecule has 2 aliphatic heterocycles. The standard InChI is InChI=1S/C17H14N2O2.C8H17N3O2/c18-8-10-5-6-12-11(7-10)9-21-16(12)15-13-3-1-2-4-14(13)19-17(15)20;1-11(2)8(9)10-6-4-3-5-7(12)13/h1-7H,8-9,18H2,(H,19,20);3-6H2,1-2H3,(H2,9,10)(H,12,13)/b16-15+;. The number of carboxylic acid groups (broad SMARTS) is 1. The largest absolute Gasteiger partial charge is 0.487 e. The van der Waals surface area contributed by atoms with E-state index in [-0.39, 0.29) is 12.3 Å². The average molecular weight is 466 g/mol. The van der Waals surface area contributed by atoms with E-state index in [2.05, 4.69) is 10.3 Å². The smallest absolute Gasteiger partial charge is 0.303 e. The number of fused-ring (bicyclic) bond motifs is 2. The van der Waals surface area contributed by atoms with E-state index in [1.807, 2.05) is 56.6 Å². The maximum atomic E-state index is 12.3. The van der Waals surface area contributed by atoms with Crippen LogP contribution >= 0.6 is 0 Å². The van der Waals surface area contributed by atoms with Gasteiger partial charge in [-0.15, -0.1) is 0 Å². The summed E-state index contributed by atoms with van der Waals surface area (Å²) in [5, 5.41) is 11.2. The van der Waals surface area contributed by atoms with Crippen LogP contribution in [0.1, 0.15) is 41.5 Å². The minimum atomic E-state index is -0.760. The number of nitrogens with zero attached hydrogens (tertiary/aromatic N) is 2. The van der Waals surface area contributed by atoms with Gasteiger partial charge in [-0.2, -0.15) is 0 Å². The maximum Gasteiger partial charge on any atom is 0.303 e. The van der Waals surface area contributed by atoms with Gasteiger partial charge in [0.15, 0.2) is 5.96 Å². The van der Waals surface area contributed by atoms with Gasteiger partial charge in [-0.1, -0.05) is 36.4 Å². The van der Waals surface area contributed by atoms with E-state index >= 15 is 0 Å². The van der Waals surface area contributed by atoms with Gasteiger partial charge in [-0.25, -0.2) is 0 Å². The number of rotatable bonds is 6. The molecule has 0 fully saturated rings. The second-order valence-electron chi connectivity index (χ2n) is 8.17. The molecule has 0 radical (unpaired) electrons. The van der Waals surface area contributed by atoms with Gasteiger partial charge in [0.1, 0.15) is 12.4 Å². The second-order valence-corrected chi connectivity index (χ2v) is 8.17. The van der Waals surface area contributed by atoms with Crippen molar-refractivity contribution in [2.45, 2.75) is 32.4 Å². The van der Waals surface area contributed by atoms with Gasteiger partial charge in [0, 0.05) is 56.0 Å². The number of unbranched alkanes of at least 4 members (excludes halogenated alkanes) is 1. The summed E-state index contributed by atoms with van der Waals surface area (Å²) in [4.78, 5) is 28.2. The van der Waals surface area contributed by atoms with Gasteiger partial charge in [0.05, 0.1) is 5.57 Å². The third kappa shape index (κ3) is 5.93. The molecule has 0 unspecified atom stereocenters. The Hall–Kier alpha value is -3.85. The molecular weight excluding hydrogens is 434 g/mol. The summed E-state index contributed by atoms with van der Waals surface area (Å²) in [6.45, 7) is 1.58. The van der Waals surface area contributed by atoms with Crippen molar-refractivity contribution in [3.8, 4) is 0 Å². The van der Waals surface area contributed by atoms with Crippen LogP contribution in [0.5, 0.6) is 0 Å². The number of nitrogens with two attached hydrogens (primary N) is 2. The summed E-state index contributed by atoms with van der Waals surface area (Å²) < 4.78 is 5.81. The molecule has 0 spiro atoms. The molecule has 0 saturated carbocycles. The molecule has 34 heavy (non-hydrogen) atoms. The van der Waals surface area contributed by atoms with E-state index in [1.165, 1.54) is 0 Å². The molecule has 4 rings (SSSR count). The molecule has 180 valence electrons. The Balaban J connectivity index is 0.000000218. The molecular formula is C25H31N5O4. The summed E-state index contributed by atoms with van der Waals surface area (Å²) in [7, 11) is 3.63. The van der Waals surface area contributed by atoms with Crippen molar-refractivity contribution in [3.05, 3.63) is 64.7 Å². The van der Waals surface area contributed by atoms with Gasteiger partial charge in [0.25, 0.3) is 5.91 Å². The summed E-state index contributed by atoms with van der Waals surface area (Å²) in [5.74, 6) is 0.276. The van der Waals surface area contributed by atoms with Crippen molar-refractivity contribution in [3.63, 3.8) is 0 Å². The number of hydrogen-bond donors (Lipinski definition) is 4. The zero-order valence-corrected chi connectivity index (χ0v) is 19.5. The quantitative estimate of drug-likeness (QED) is 0.222. The highest BCUT2D eigenvalue weighted by atomic mass is 16.5. The van der Waals surface area contributed by atoms with Crippen LogP contribution in [0.2, 0.25) is 0 Å². The fourth-order valence-electron chi connectivity index (χ4n) is 3.62. The van der Waals surface area contributed by atoms with Crippen molar-refractivity contribution >= 4 is 34.9 Å². The summed E-state index contributed by atoms with van der Waals surface area (Å²) in [6, 6.07) is 13.7. The molecule has 0 atom stereocenters. The number of amides is 1. The van der Waals surface area contributed by atoms with Gasteiger partial charge in [-0.3, -0.25) is 14.6 Å². The minimum absolute atomic E-state index is 0.109. The third-order valence-corrected chi connectivity index (χ3v) is 5.45. The number of ether oxygens (including phenoxy) is 1. The average Bonchev–Trinajstić information content (AvgIpc) is 3.37. The molecule has 2 aromatic rings. The second kappa shape index (κ2) is 11.3. The Bertz CT molecular complexity index is 1120. The lowest BCUT2D eigenvalue weighted by Gasteiger charge is -2.09. The number of carbonyl (C=O) groups excluding carboxylic acids is 1.